The number of halogens is 1. The highest BCUT2D eigenvalue weighted by atomic mass is 19.1. The Kier molecular flexibility index (Phi) is 7.12. The van der Waals surface area contributed by atoms with Crippen LogP contribution < -0.4 is 0 Å². The van der Waals surface area contributed by atoms with Gasteiger partial charge in [-0.15, -0.1) is 0 Å². The second kappa shape index (κ2) is 10.4. The van der Waals surface area contributed by atoms with Crippen molar-refractivity contribution in [3.05, 3.63) is 64.1 Å². The predicted octanol–water partition coefficient (Wildman–Crippen LogP) is 6.47. The van der Waals surface area contributed by atoms with Crippen molar-refractivity contribution in [2.45, 2.75) is 65.2 Å². The number of hydrogen-bond acceptors (Lipinski definition) is 3. The Balaban J connectivity index is 1.20. The summed E-state index contributed by atoms with van der Waals surface area (Å²) in [6.07, 6.45) is 13.8. The molecule has 0 aromatic heterocycles. The Morgan fingerprint density at radius 2 is 1.86 bits per heavy atom. The third kappa shape index (κ3) is 4.82. The summed E-state index contributed by atoms with van der Waals surface area (Å²) >= 11 is 0. The molecule has 0 N–H and O–H groups in total. The predicted molar refractivity (Wildman–Crippen MR) is 141 cm³/mol. The molecule has 1 saturated heterocycles. The van der Waals surface area contributed by atoms with Crippen LogP contribution in [-0.4, -0.2) is 42.4 Å². The van der Waals surface area contributed by atoms with Gasteiger partial charge in [0.15, 0.2) is 0 Å². The van der Waals surface area contributed by atoms with Crippen LogP contribution in [0.3, 0.4) is 0 Å². The molecule has 1 saturated carbocycles. The third-order valence-electron chi connectivity index (χ3n) is 8.22. The number of allylic oxidation sites excluding steroid dienone is 4. The van der Waals surface area contributed by atoms with Crippen LogP contribution in [0.4, 0.5) is 4.39 Å². The maximum atomic E-state index is 14.6. The molecular weight excluding hydrogens is 437 g/mol. The van der Waals surface area contributed by atoms with Crippen LogP contribution >= 0.6 is 0 Å². The molecule has 1 amide bonds. The molecule has 0 unspecified atom stereocenters. The quantitative estimate of drug-likeness (QED) is 0.496. The number of carbonyl (C=O) groups is 1. The van der Waals surface area contributed by atoms with Crippen LogP contribution in [0.2, 0.25) is 0 Å². The first-order valence-electron chi connectivity index (χ1n) is 13.3. The Bertz CT molecular complexity index is 1120. The molecule has 0 atom stereocenters. The minimum absolute atomic E-state index is 0.0983. The standard InChI is InChI=1S/C30H36FN3O/c1-3-25(27-20(2)6-4-8-26(27)31)21-14-18-34(19-15-21)30(35)24-11-9-23(10-12-24)29-28-22(13-17-33-28)7-5-16-32-29/h3-4,6,8,13,16,21,24H,5,7,9-12,14-15,17-19H2,1-2H3. The van der Waals surface area contributed by atoms with Crippen molar-refractivity contribution < 1.29 is 9.18 Å². The van der Waals surface area contributed by atoms with E-state index in [1.165, 1.54) is 11.1 Å². The number of aliphatic imine (C=N–C) groups is 2. The molecule has 1 aromatic rings. The van der Waals surface area contributed by atoms with E-state index in [0.717, 1.165) is 99.1 Å². The SMILES string of the molecule is CC=C(c1c(C)cccc1F)C1CCN(C(=O)C2CCC(=C3N=CCCC4=CCN=C43)CC2)CC1. The number of benzene rings is 1. The number of aryl methyl sites for hydroxylation is 1. The fourth-order valence-electron chi connectivity index (χ4n) is 6.29. The molecule has 4 aliphatic rings. The van der Waals surface area contributed by atoms with Gasteiger partial charge in [0.1, 0.15) is 5.82 Å². The van der Waals surface area contributed by atoms with Crippen molar-refractivity contribution in [2.24, 2.45) is 21.8 Å². The lowest BCUT2D eigenvalue weighted by molar-refractivity contribution is -0.137. The molecule has 35 heavy (non-hydrogen) atoms. The first-order valence-corrected chi connectivity index (χ1v) is 13.3. The molecule has 0 bridgehead atoms. The molecule has 0 spiro atoms. The monoisotopic (exact) mass is 473 g/mol. The van der Waals surface area contributed by atoms with Crippen LogP contribution in [0, 0.1) is 24.6 Å². The molecule has 1 aliphatic carbocycles. The average molecular weight is 474 g/mol. The molecule has 0 radical (unpaired) electrons. The molecule has 3 heterocycles. The normalized spacial score (nSPS) is 23.7. The molecule has 2 fully saturated rings. The van der Waals surface area contributed by atoms with Gasteiger partial charge in [-0.3, -0.25) is 14.8 Å². The van der Waals surface area contributed by atoms with Crippen molar-refractivity contribution >= 4 is 23.4 Å². The number of likely N-dealkylation sites (tertiary alicyclic amines) is 1. The smallest absolute Gasteiger partial charge is 0.225 e. The number of piperidine rings is 1. The van der Waals surface area contributed by atoms with Gasteiger partial charge in [-0.2, -0.15) is 0 Å². The minimum atomic E-state index is -0.145. The average Bonchev–Trinajstić information content (AvgIpc) is 3.25. The molecule has 5 rings (SSSR count). The highest BCUT2D eigenvalue weighted by Gasteiger charge is 2.33. The van der Waals surface area contributed by atoms with Gasteiger partial charge in [-0.1, -0.05) is 24.3 Å². The van der Waals surface area contributed by atoms with E-state index in [1.54, 1.807) is 12.1 Å². The van der Waals surface area contributed by atoms with Gasteiger partial charge in [0.2, 0.25) is 5.91 Å². The topological polar surface area (TPSA) is 45.0 Å². The second-order valence-electron chi connectivity index (χ2n) is 10.3. The van der Waals surface area contributed by atoms with E-state index in [2.05, 4.69) is 17.1 Å². The third-order valence-corrected chi connectivity index (χ3v) is 8.22. The van der Waals surface area contributed by atoms with Gasteiger partial charge >= 0.3 is 0 Å². The number of rotatable bonds is 3. The zero-order chi connectivity index (χ0) is 24.4. The summed E-state index contributed by atoms with van der Waals surface area (Å²) in [6, 6.07) is 5.30. The fourth-order valence-corrected chi connectivity index (χ4v) is 6.29. The van der Waals surface area contributed by atoms with Gasteiger partial charge in [-0.25, -0.2) is 4.39 Å². The first kappa shape index (κ1) is 23.9. The number of carbonyl (C=O) groups excluding carboxylic acids is 1. The zero-order valence-electron chi connectivity index (χ0n) is 21.0. The number of fused-ring (bicyclic) bond motifs is 1. The summed E-state index contributed by atoms with van der Waals surface area (Å²) < 4.78 is 14.6. The Labute approximate surface area is 208 Å². The van der Waals surface area contributed by atoms with Crippen molar-refractivity contribution in [1.29, 1.82) is 0 Å². The van der Waals surface area contributed by atoms with E-state index in [0.29, 0.717) is 11.8 Å². The summed E-state index contributed by atoms with van der Waals surface area (Å²) in [7, 11) is 0. The number of hydrogen-bond donors (Lipinski definition) is 0. The molecule has 5 heteroatoms. The van der Waals surface area contributed by atoms with Crippen LogP contribution in [0.1, 0.15) is 69.4 Å². The lowest BCUT2D eigenvalue weighted by Crippen LogP contribution is -2.42. The lowest BCUT2D eigenvalue weighted by atomic mass is 9.81. The van der Waals surface area contributed by atoms with Crippen LogP contribution in [-0.2, 0) is 4.79 Å². The van der Waals surface area contributed by atoms with Crippen LogP contribution in [0.15, 0.2) is 57.2 Å². The lowest BCUT2D eigenvalue weighted by Gasteiger charge is -2.36. The zero-order valence-corrected chi connectivity index (χ0v) is 21.0. The van der Waals surface area contributed by atoms with E-state index in [4.69, 9.17) is 9.98 Å². The fraction of sp³-hybridized carbons (Fsp3) is 0.500. The van der Waals surface area contributed by atoms with Gasteiger partial charge < -0.3 is 4.90 Å². The number of amides is 1. The van der Waals surface area contributed by atoms with Gasteiger partial charge in [0.25, 0.3) is 0 Å². The van der Waals surface area contributed by atoms with Crippen LogP contribution in [0.5, 0.6) is 0 Å². The van der Waals surface area contributed by atoms with E-state index < -0.39 is 0 Å². The van der Waals surface area contributed by atoms with Gasteiger partial charge in [-0.05, 0) is 99.5 Å². The second-order valence-corrected chi connectivity index (χ2v) is 10.3. The van der Waals surface area contributed by atoms with Crippen molar-refractivity contribution in [3.63, 3.8) is 0 Å². The molecular formula is C30H36FN3O. The van der Waals surface area contributed by atoms with Crippen molar-refractivity contribution in [2.75, 3.05) is 19.6 Å². The van der Waals surface area contributed by atoms with E-state index in [9.17, 15) is 9.18 Å². The highest BCUT2D eigenvalue weighted by molar-refractivity contribution is 6.15. The van der Waals surface area contributed by atoms with E-state index in [1.807, 2.05) is 26.1 Å². The molecule has 3 aliphatic heterocycles. The Morgan fingerprint density at radius 1 is 1.09 bits per heavy atom. The first-order chi connectivity index (χ1) is 17.1. The Morgan fingerprint density at radius 3 is 2.57 bits per heavy atom. The van der Waals surface area contributed by atoms with Gasteiger partial charge in [0.05, 0.1) is 18.0 Å². The van der Waals surface area contributed by atoms with Crippen molar-refractivity contribution in [3.8, 4) is 0 Å². The summed E-state index contributed by atoms with van der Waals surface area (Å²) in [5.74, 6) is 0.554. The minimum Gasteiger partial charge on any atom is -0.342 e. The maximum Gasteiger partial charge on any atom is 0.225 e. The maximum absolute atomic E-state index is 14.6. The molecule has 184 valence electrons. The summed E-state index contributed by atoms with van der Waals surface area (Å²) in [5.41, 5.74) is 7.72. The molecule has 4 nitrogen and oxygen atoms in total. The molecule has 1 aromatic carbocycles. The summed E-state index contributed by atoms with van der Waals surface area (Å²) in [5, 5.41) is 0. The van der Waals surface area contributed by atoms with E-state index in [-0.39, 0.29) is 11.7 Å². The number of nitrogens with zero attached hydrogens (tertiary/aromatic N) is 3. The largest absolute Gasteiger partial charge is 0.342 e. The summed E-state index contributed by atoms with van der Waals surface area (Å²) in [6.45, 7) is 6.27. The highest BCUT2D eigenvalue weighted by Crippen LogP contribution is 2.38. The van der Waals surface area contributed by atoms with Crippen molar-refractivity contribution in [1.82, 2.24) is 4.90 Å². The van der Waals surface area contributed by atoms with Gasteiger partial charge in [0, 0.05) is 30.8 Å². The Hall–Kier alpha value is -2.82. The van der Waals surface area contributed by atoms with Crippen LogP contribution in [0.25, 0.3) is 5.57 Å². The summed E-state index contributed by atoms with van der Waals surface area (Å²) in [4.78, 5) is 24.9. The van der Waals surface area contributed by atoms with E-state index >= 15 is 0 Å².